The number of nitrogens with zero attached hydrogens (tertiary/aromatic N) is 1. The molecule has 1 aliphatic carbocycles. The fourth-order valence-electron chi connectivity index (χ4n) is 2.71. The van der Waals surface area contributed by atoms with Crippen LogP contribution in [-0.4, -0.2) is 31.4 Å². The van der Waals surface area contributed by atoms with Crippen LogP contribution < -0.4 is 5.32 Å². The number of hydrogen-bond donors (Lipinski definition) is 1. The standard InChI is InChI=1S/C16H24N2O/c1-18(2)16(19)11-6-12-17-15-10-5-8-13-7-3-4-9-14(13)15/h3-4,7,9,15,17H,5-6,8,10-12H2,1-2H3. The molecular weight excluding hydrogens is 236 g/mol. The first-order valence-corrected chi connectivity index (χ1v) is 7.20. The van der Waals surface area contributed by atoms with Crippen LogP contribution >= 0.6 is 0 Å². The molecule has 1 aromatic carbocycles. The van der Waals surface area contributed by atoms with E-state index in [4.69, 9.17) is 0 Å². The van der Waals surface area contributed by atoms with Crippen LogP contribution in [0.5, 0.6) is 0 Å². The zero-order valence-corrected chi connectivity index (χ0v) is 12.0. The summed E-state index contributed by atoms with van der Waals surface area (Å²) < 4.78 is 0. The summed E-state index contributed by atoms with van der Waals surface area (Å²) in [6.07, 6.45) is 5.21. The van der Waals surface area contributed by atoms with Gasteiger partial charge in [0.25, 0.3) is 0 Å². The fourth-order valence-corrected chi connectivity index (χ4v) is 2.71. The molecule has 0 saturated heterocycles. The summed E-state index contributed by atoms with van der Waals surface area (Å²) >= 11 is 0. The van der Waals surface area contributed by atoms with E-state index in [0.29, 0.717) is 12.5 Å². The molecule has 19 heavy (non-hydrogen) atoms. The lowest BCUT2D eigenvalue weighted by Crippen LogP contribution is -2.27. The molecule has 0 fully saturated rings. The molecule has 2 rings (SSSR count). The molecule has 1 unspecified atom stereocenters. The van der Waals surface area contributed by atoms with Crippen molar-refractivity contribution >= 4 is 5.91 Å². The van der Waals surface area contributed by atoms with Crippen LogP contribution in [0.4, 0.5) is 0 Å². The Morgan fingerprint density at radius 2 is 2.16 bits per heavy atom. The van der Waals surface area contributed by atoms with Crippen molar-refractivity contribution in [1.82, 2.24) is 10.2 Å². The summed E-state index contributed by atoms with van der Waals surface area (Å²) in [5.41, 5.74) is 2.93. The summed E-state index contributed by atoms with van der Waals surface area (Å²) in [6, 6.07) is 9.18. The van der Waals surface area contributed by atoms with Crippen LogP contribution in [0, 0.1) is 0 Å². The van der Waals surface area contributed by atoms with Crippen LogP contribution in [0.3, 0.4) is 0 Å². The third-order valence-corrected chi connectivity index (χ3v) is 3.83. The van der Waals surface area contributed by atoms with E-state index in [-0.39, 0.29) is 5.91 Å². The lowest BCUT2D eigenvalue weighted by molar-refractivity contribution is -0.128. The summed E-state index contributed by atoms with van der Waals surface area (Å²) in [6.45, 7) is 0.915. The van der Waals surface area contributed by atoms with Crippen LogP contribution in [-0.2, 0) is 11.2 Å². The second-order valence-electron chi connectivity index (χ2n) is 5.49. The highest BCUT2D eigenvalue weighted by molar-refractivity contribution is 5.75. The monoisotopic (exact) mass is 260 g/mol. The fraction of sp³-hybridized carbons (Fsp3) is 0.562. The zero-order chi connectivity index (χ0) is 13.7. The summed E-state index contributed by atoms with van der Waals surface area (Å²) in [5, 5.41) is 3.60. The molecule has 0 aliphatic heterocycles. The summed E-state index contributed by atoms with van der Waals surface area (Å²) in [5.74, 6) is 0.214. The maximum absolute atomic E-state index is 11.5. The van der Waals surface area contributed by atoms with Crippen LogP contribution in [0.2, 0.25) is 0 Å². The number of hydrogen-bond acceptors (Lipinski definition) is 2. The molecule has 0 heterocycles. The lowest BCUT2D eigenvalue weighted by atomic mass is 9.88. The molecule has 0 radical (unpaired) electrons. The van der Waals surface area contributed by atoms with Gasteiger partial charge in [-0.15, -0.1) is 0 Å². The van der Waals surface area contributed by atoms with Crippen molar-refractivity contribution in [2.45, 2.75) is 38.1 Å². The van der Waals surface area contributed by atoms with Gasteiger partial charge in [0.15, 0.2) is 0 Å². The zero-order valence-electron chi connectivity index (χ0n) is 12.0. The van der Waals surface area contributed by atoms with E-state index in [1.165, 1.54) is 30.4 Å². The molecule has 104 valence electrons. The van der Waals surface area contributed by atoms with Crippen LogP contribution in [0.1, 0.15) is 42.9 Å². The molecular formula is C16H24N2O. The molecule has 3 nitrogen and oxygen atoms in total. The minimum atomic E-state index is 0.214. The van der Waals surface area contributed by atoms with Crippen LogP contribution in [0.15, 0.2) is 24.3 Å². The number of amides is 1. The van der Waals surface area contributed by atoms with Gasteiger partial charge < -0.3 is 10.2 Å². The van der Waals surface area contributed by atoms with Crippen molar-refractivity contribution in [2.75, 3.05) is 20.6 Å². The first-order valence-electron chi connectivity index (χ1n) is 7.20. The van der Waals surface area contributed by atoms with Gasteiger partial charge in [-0.05, 0) is 43.4 Å². The Hall–Kier alpha value is -1.35. The third-order valence-electron chi connectivity index (χ3n) is 3.83. The second-order valence-corrected chi connectivity index (χ2v) is 5.49. The highest BCUT2D eigenvalue weighted by Crippen LogP contribution is 2.29. The van der Waals surface area contributed by atoms with E-state index in [1.807, 2.05) is 14.1 Å². The number of fused-ring (bicyclic) bond motifs is 1. The number of carbonyl (C=O) groups is 1. The Kier molecular flexibility index (Phi) is 4.97. The quantitative estimate of drug-likeness (QED) is 0.825. The van der Waals surface area contributed by atoms with E-state index >= 15 is 0 Å². The highest BCUT2D eigenvalue weighted by Gasteiger charge is 2.18. The maximum atomic E-state index is 11.5. The molecule has 1 aliphatic rings. The number of benzene rings is 1. The van der Waals surface area contributed by atoms with E-state index in [0.717, 1.165) is 13.0 Å². The normalized spacial score (nSPS) is 17.9. The van der Waals surface area contributed by atoms with E-state index < -0.39 is 0 Å². The average molecular weight is 260 g/mol. The largest absolute Gasteiger partial charge is 0.349 e. The Labute approximate surface area is 116 Å². The van der Waals surface area contributed by atoms with Gasteiger partial charge in [-0.1, -0.05) is 24.3 Å². The molecule has 1 amide bonds. The van der Waals surface area contributed by atoms with Gasteiger partial charge in [0, 0.05) is 26.6 Å². The highest BCUT2D eigenvalue weighted by atomic mass is 16.2. The number of aryl methyl sites for hydroxylation is 1. The van der Waals surface area contributed by atoms with Crippen LogP contribution in [0.25, 0.3) is 0 Å². The summed E-state index contributed by atoms with van der Waals surface area (Å²) in [7, 11) is 3.63. The van der Waals surface area contributed by atoms with Gasteiger partial charge in [0.1, 0.15) is 0 Å². The minimum Gasteiger partial charge on any atom is -0.349 e. The topological polar surface area (TPSA) is 32.3 Å². The Morgan fingerprint density at radius 1 is 1.37 bits per heavy atom. The molecule has 3 heteroatoms. The van der Waals surface area contributed by atoms with Crippen molar-refractivity contribution in [3.8, 4) is 0 Å². The van der Waals surface area contributed by atoms with Crippen molar-refractivity contribution < 1.29 is 4.79 Å². The van der Waals surface area contributed by atoms with Gasteiger partial charge in [-0.3, -0.25) is 4.79 Å². The molecule has 1 aromatic rings. The van der Waals surface area contributed by atoms with E-state index in [2.05, 4.69) is 29.6 Å². The molecule has 0 spiro atoms. The Balaban J connectivity index is 1.80. The van der Waals surface area contributed by atoms with Gasteiger partial charge in [-0.2, -0.15) is 0 Å². The predicted octanol–water partition coefficient (Wildman–Crippen LogP) is 2.52. The average Bonchev–Trinajstić information content (AvgIpc) is 2.43. The molecule has 0 bridgehead atoms. The third kappa shape index (κ3) is 3.80. The smallest absolute Gasteiger partial charge is 0.222 e. The van der Waals surface area contributed by atoms with Crippen molar-refractivity contribution in [1.29, 1.82) is 0 Å². The SMILES string of the molecule is CN(C)C(=O)CCCNC1CCCc2ccccc21. The second kappa shape index (κ2) is 6.71. The molecule has 0 saturated carbocycles. The maximum Gasteiger partial charge on any atom is 0.222 e. The van der Waals surface area contributed by atoms with Gasteiger partial charge in [0.2, 0.25) is 5.91 Å². The minimum absolute atomic E-state index is 0.214. The first kappa shape index (κ1) is 14.1. The lowest BCUT2D eigenvalue weighted by Gasteiger charge is -2.26. The Morgan fingerprint density at radius 3 is 2.95 bits per heavy atom. The predicted molar refractivity (Wildman–Crippen MR) is 78.1 cm³/mol. The Bertz CT molecular complexity index is 429. The molecule has 1 atom stereocenters. The van der Waals surface area contributed by atoms with Crippen molar-refractivity contribution in [3.05, 3.63) is 35.4 Å². The van der Waals surface area contributed by atoms with Crippen molar-refractivity contribution in [2.24, 2.45) is 0 Å². The van der Waals surface area contributed by atoms with E-state index in [9.17, 15) is 4.79 Å². The van der Waals surface area contributed by atoms with Crippen molar-refractivity contribution in [3.63, 3.8) is 0 Å². The number of nitrogens with one attached hydrogen (secondary N) is 1. The number of rotatable bonds is 5. The van der Waals surface area contributed by atoms with E-state index in [1.54, 1.807) is 4.90 Å². The summed E-state index contributed by atoms with van der Waals surface area (Å²) in [4.78, 5) is 13.2. The van der Waals surface area contributed by atoms with Gasteiger partial charge in [0.05, 0.1) is 0 Å². The van der Waals surface area contributed by atoms with Gasteiger partial charge in [-0.25, -0.2) is 0 Å². The van der Waals surface area contributed by atoms with Gasteiger partial charge >= 0.3 is 0 Å². The first-order chi connectivity index (χ1) is 9.18. The molecule has 1 N–H and O–H groups in total. The number of carbonyl (C=O) groups excluding carboxylic acids is 1. The molecule has 0 aromatic heterocycles.